The normalized spacial score (nSPS) is 21.8. The van der Waals surface area contributed by atoms with Crippen molar-refractivity contribution in [3.05, 3.63) is 82.0 Å². The van der Waals surface area contributed by atoms with Crippen LogP contribution < -0.4 is 0 Å². The topological polar surface area (TPSA) is 0 Å². The third-order valence-electron chi connectivity index (χ3n) is 9.26. The Balaban J connectivity index is 2.15. The van der Waals surface area contributed by atoms with Crippen LogP contribution in [0.25, 0.3) is 11.1 Å². The Morgan fingerprint density at radius 2 is 1.11 bits per heavy atom. The van der Waals surface area contributed by atoms with Gasteiger partial charge in [-0.05, 0) is 0 Å². The third kappa shape index (κ3) is 4.68. The maximum absolute atomic E-state index is 8.37. The fourth-order valence-electron chi connectivity index (χ4n) is 7.05. The van der Waals surface area contributed by atoms with Crippen LogP contribution in [0.1, 0.15) is 95.1 Å². The number of halogens is 2. The molecule has 0 aliphatic heterocycles. The first-order chi connectivity index (χ1) is 16.2. The van der Waals surface area contributed by atoms with Gasteiger partial charge in [-0.15, -0.1) is 0 Å². The summed E-state index contributed by atoms with van der Waals surface area (Å²) in [7, 11) is 16.7. The van der Waals surface area contributed by atoms with Gasteiger partial charge in [0.2, 0.25) is 0 Å². The van der Waals surface area contributed by atoms with Crippen molar-refractivity contribution < 1.29 is 12.9 Å². The molecule has 0 fully saturated rings. The molecule has 0 saturated heterocycles. The van der Waals surface area contributed by atoms with Crippen molar-refractivity contribution in [2.45, 2.75) is 96.6 Å². The summed E-state index contributed by atoms with van der Waals surface area (Å²) in [5, 5.41) is 0. The fraction of sp³-hybridized carbons (Fsp3) is 0.500. The Kier molecular flexibility index (Phi) is 5.62. The number of allylic oxidation sites excluding steroid dienone is 4. The van der Waals surface area contributed by atoms with E-state index in [2.05, 4.69) is 127 Å². The van der Waals surface area contributed by atoms with E-state index < -0.39 is 12.9 Å². The molecule has 4 rings (SSSR count). The first kappa shape index (κ1) is 29.2. The summed E-state index contributed by atoms with van der Waals surface area (Å²) in [4.78, 5) is 0. The van der Waals surface area contributed by atoms with E-state index >= 15 is 0 Å². The zero-order valence-electron chi connectivity index (χ0n) is 25.2. The van der Waals surface area contributed by atoms with Crippen molar-refractivity contribution in [1.82, 2.24) is 0 Å². The van der Waals surface area contributed by atoms with Gasteiger partial charge in [0.1, 0.15) is 0 Å². The van der Waals surface area contributed by atoms with E-state index in [9.17, 15) is 0 Å². The van der Waals surface area contributed by atoms with Crippen LogP contribution in [0.2, 0.25) is 12.9 Å². The molecule has 37 heavy (non-hydrogen) atoms. The van der Waals surface area contributed by atoms with Crippen molar-refractivity contribution in [3.63, 3.8) is 0 Å². The Morgan fingerprint density at radius 3 is 1.43 bits per heavy atom. The van der Waals surface area contributed by atoms with E-state index in [1.54, 1.807) is 0 Å². The van der Waals surface area contributed by atoms with Gasteiger partial charge < -0.3 is 0 Å². The molecule has 0 N–H and O–H groups in total. The minimum absolute atomic E-state index is 0.0100. The van der Waals surface area contributed by atoms with E-state index in [-0.39, 0.29) is 23.5 Å². The summed E-state index contributed by atoms with van der Waals surface area (Å²) in [6.07, 6.45) is 4.68. The minimum atomic E-state index is -6.03. The molecule has 0 amide bonds. The molecule has 1 atom stereocenters. The number of rotatable bonds is 2. The molecular weight excluding hydrogens is 571 g/mol. The quantitative estimate of drug-likeness (QED) is 0.314. The van der Waals surface area contributed by atoms with Crippen LogP contribution in [-0.4, -0.2) is 4.21 Å². The van der Waals surface area contributed by atoms with Gasteiger partial charge in [0.25, 0.3) is 0 Å². The molecule has 2 aliphatic rings. The Bertz CT molecular complexity index is 1430. The number of hydrogen-bond donors (Lipinski definition) is 0. The average molecular weight is 619 g/mol. The molecular formula is C34H48Cl2Zr. The molecule has 202 valence electrons. The van der Waals surface area contributed by atoms with Gasteiger partial charge in [0.15, 0.2) is 0 Å². The number of benzene rings is 2. The number of hydrogen-bond acceptors (Lipinski definition) is 0. The SMILES string of the molecule is [CH2]=[Zr]([CH3])([CH3])([Cl])([Cl])([CH]1C=C(C(C)(C)C)C=C1C)[CH]1c2cc(C(C)(C)C)ccc2-c2ccc(C(C)(C)C)cc21. The average Bonchev–Trinajstić information content (AvgIpc) is 3.24. The molecule has 0 nitrogen and oxygen atoms in total. The predicted molar refractivity (Wildman–Crippen MR) is 167 cm³/mol. The van der Waals surface area contributed by atoms with Crippen molar-refractivity contribution in [2.75, 3.05) is 0 Å². The van der Waals surface area contributed by atoms with E-state index in [4.69, 9.17) is 21.2 Å². The second kappa shape index (κ2) is 7.11. The predicted octanol–water partition coefficient (Wildman–Crippen LogP) is 11.7. The zero-order valence-corrected chi connectivity index (χ0v) is 29.2. The summed E-state index contributed by atoms with van der Waals surface area (Å²) in [6.45, 7) is 22.6. The summed E-state index contributed by atoms with van der Waals surface area (Å²) in [5.74, 6) is 0. The molecule has 2 aromatic rings. The van der Waals surface area contributed by atoms with Gasteiger partial charge in [0, 0.05) is 0 Å². The van der Waals surface area contributed by atoms with Crippen LogP contribution in [0.3, 0.4) is 0 Å². The van der Waals surface area contributed by atoms with E-state index in [1.807, 2.05) is 0 Å². The van der Waals surface area contributed by atoms with Gasteiger partial charge in [-0.2, -0.15) is 0 Å². The van der Waals surface area contributed by atoms with Crippen LogP contribution in [0.4, 0.5) is 0 Å². The van der Waals surface area contributed by atoms with E-state index in [1.165, 1.54) is 44.5 Å². The van der Waals surface area contributed by atoms with Crippen molar-refractivity contribution >= 4 is 21.2 Å². The second-order valence-corrected chi connectivity index (χ2v) is 62.8. The molecule has 0 saturated carbocycles. The first-order valence-electron chi connectivity index (χ1n) is 13.9. The van der Waals surface area contributed by atoms with Crippen LogP contribution >= 0.6 is 17.0 Å². The van der Waals surface area contributed by atoms with Crippen LogP contribution in [0.15, 0.2) is 59.7 Å². The Labute approximate surface area is 227 Å². The van der Waals surface area contributed by atoms with Gasteiger partial charge in [-0.3, -0.25) is 0 Å². The summed E-state index contributed by atoms with van der Waals surface area (Å²) < 4.78 is 9.18. The zero-order chi connectivity index (χ0) is 28.3. The summed E-state index contributed by atoms with van der Waals surface area (Å²) >= 11 is -6.03. The molecule has 2 aromatic carbocycles. The monoisotopic (exact) mass is 616 g/mol. The van der Waals surface area contributed by atoms with Crippen molar-refractivity contribution in [2.24, 2.45) is 5.41 Å². The van der Waals surface area contributed by atoms with Gasteiger partial charge >= 0.3 is 229 Å². The van der Waals surface area contributed by atoms with Crippen LogP contribution in [-0.2, 0) is 23.8 Å². The van der Waals surface area contributed by atoms with E-state index in [0.717, 1.165) is 0 Å². The Hall–Kier alpha value is -0.747. The summed E-state index contributed by atoms with van der Waals surface area (Å²) in [6, 6.07) is 13.9. The van der Waals surface area contributed by atoms with Crippen molar-refractivity contribution in [3.8, 4) is 11.1 Å². The standard InChI is InChI=1S/C21H25.C10H15.2CH3.CH2.2ClH.Zr/c1-20(2,3)16-7-9-18-14(12-16)11-15-13-17(21(4,5)6)8-10-19(15)18;1-8-5-6-9(7-8)10(2,3)4;;;;;;/h7-13H,1-6H3;5-7H,1-4H3;2*1H3;1H2;2*1H;/q;;;;;;;+2/p-2. The third-order valence-corrected chi connectivity index (χ3v) is 29.6. The molecule has 0 bridgehead atoms. The van der Waals surface area contributed by atoms with Crippen LogP contribution in [0, 0.1) is 5.41 Å². The van der Waals surface area contributed by atoms with Crippen LogP contribution in [0.5, 0.6) is 0 Å². The van der Waals surface area contributed by atoms with Gasteiger partial charge in [0.05, 0.1) is 0 Å². The molecule has 0 heterocycles. The Morgan fingerprint density at radius 1 is 0.703 bits per heavy atom. The molecule has 2 aliphatic carbocycles. The molecule has 3 heteroatoms. The molecule has 0 radical (unpaired) electrons. The second-order valence-electron chi connectivity index (χ2n) is 17.2. The maximum atomic E-state index is 8.37. The molecule has 0 spiro atoms. The van der Waals surface area contributed by atoms with Crippen molar-refractivity contribution in [1.29, 1.82) is 0 Å². The number of fused-ring (bicyclic) bond motifs is 3. The van der Waals surface area contributed by atoms with E-state index in [0.29, 0.717) is 0 Å². The first-order valence-corrected chi connectivity index (χ1v) is 29.7. The summed E-state index contributed by atoms with van der Waals surface area (Å²) in [5.41, 5.74) is 10.1. The van der Waals surface area contributed by atoms with Gasteiger partial charge in [-0.25, -0.2) is 0 Å². The fourth-order valence-corrected chi connectivity index (χ4v) is 27.7. The molecule has 0 aromatic heterocycles. The molecule has 1 unspecified atom stereocenters. The van der Waals surface area contributed by atoms with Gasteiger partial charge in [-0.1, -0.05) is 0 Å².